The number of pyridine rings is 1. The van der Waals surface area contributed by atoms with E-state index in [1.54, 1.807) is 12.1 Å². The number of likely N-dealkylation sites (tertiary alicyclic amines) is 1. The van der Waals surface area contributed by atoms with E-state index in [0.29, 0.717) is 17.2 Å². The normalized spacial score (nSPS) is 19.7. The second-order valence-corrected chi connectivity index (χ2v) is 7.12. The number of halogens is 1. The molecule has 1 aliphatic rings. The van der Waals surface area contributed by atoms with Gasteiger partial charge in [-0.25, -0.2) is 9.37 Å². The zero-order chi connectivity index (χ0) is 20.8. The van der Waals surface area contributed by atoms with Crippen LogP contribution in [0.2, 0.25) is 0 Å². The molecule has 8 heteroatoms. The van der Waals surface area contributed by atoms with Crippen molar-refractivity contribution in [1.29, 1.82) is 0 Å². The van der Waals surface area contributed by atoms with Crippen LogP contribution in [-0.2, 0) is 9.63 Å². The number of nitrogens with two attached hydrogens (primary N) is 1. The maximum Gasteiger partial charge on any atom is 0.263 e. The molecule has 0 saturated carbocycles. The summed E-state index contributed by atoms with van der Waals surface area (Å²) in [6.07, 6.45) is 4.61. The van der Waals surface area contributed by atoms with Crippen LogP contribution < -0.4 is 10.5 Å². The molecule has 3 rings (SSSR count). The number of benzene rings is 1. The predicted octanol–water partition coefficient (Wildman–Crippen LogP) is 3.44. The molecule has 29 heavy (non-hydrogen) atoms. The molecule has 2 atom stereocenters. The number of oxime groups is 1. The zero-order valence-corrected chi connectivity index (χ0v) is 16.5. The van der Waals surface area contributed by atoms with E-state index in [1.165, 1.54) is 30.5 Å². The number of amides is 1. The van der Waals surface area contributed by atoms with Gasteiger partial charge >= 0.3 is 0 Å². The molecule has 1 saturated heterocycles. The lowest BCUT2D eigenvalue weighted by Gasteiger charge is -2.38. The molecular formula is C21H25FN4O3. The van der Waals surface area contributed by atoms with Crippen LogP contribution in [0.5, 0.6) is 11.6 Å². The lowest BCUT2D eigenvalue weighted by atomic mass is 9.97. The molecule has 1 amide bonds. The minimum Gasteiger partial charge on any atom is -0.439 e. The molecular weight excluding hydrogens is 375 g/mol. The average Bonchev–Trinajstić information content (AvgIpc) is 2.70. The summed E-state index contributed by atoms with van der Waals surface area (Å²) in [6.45, 7) is 3.94. The van der Waals surface area contributed by atoms with Crippen molar-refractivity contribution in [3.05, 3.63) is 54.0 Å². The van der Waals surface area contributed by atoms with E-state index in [2.05, 4.69) is 10.1 Å². The van der Waals surface area contributed by atoms with E-state index in [9.17, 15) is 9.18 Å². The van der Waals surface area contributed by atoms with E-state index in [4.69, 9.17) is 15.3 Å². The van der Waals surface area contributed by atoms with Crippen molar-refractivity contribution < 1.29 is 18.8 Å². The van der Waals surface area contributed by atoms with Gasteiger partial charge in [0.05, 0.1) is 0 Å². The standard InChI is InChI=1S/C21H25FN4O3/c1-14-4-3-5-15(2)26(14)20(27)13-28-25-21(23)16-6-11-19(24-12-16)29-18-9-7-17(22)8-10-18/h6-12,14-15H,3-5,13H2,1-2H3,(H2,23,25). The average molecular weight is 400 g/mol. The predicted molar refractivity (Wildman–Crippen MR) is 107 cm³/mol. The maximum atomic E-state index is 12.9. The van der Waals surface area contributed by atoms with Gasteiger partial charge in [-0.05, 0) is 63.4 Å². The molecule has 2 aromatic rings. The number of amidine groups is 1. The van der Waals surface area contributed by atoms with Crippen molar-refractivity contribution in [2.75, 3.05) is 6.61 Å². The third-order valence-corrected chi connectivity index (χ3v) is 4.90. The Morgan fingerprint density at radius 1 is 1.21 bits per heavy atom. The summed E-state index contributed by atoms with van der Waals surface area (Å²) in [5, 5.41) is 3.83. The Bertz CT molecular complexity index is 845. The summed E-state index contributed by atoms with van der Waals surface area (Å²) < 4.78 is 18.5. The van der Waals surface area contributed by atoms with Crippen molar-refractivity contribution >= 4 is 11.7 Å². The Morgan fingerprint density at radius 3 is 2.52 bits per heavy atom. The van der Waals surface area contributed by atoms with Crippen LogP contribution in [0.3, 0.4) is 0 Å². The molecule has 1 aromatic carbocycles. The number of piperidine rings is 1. The van der Waals surface area contributed by atoms with Gasteiger partial charge in [-0.1, -0.05) is 5.16 Å². The van der Waals surface area contributed by atoms with Crippen molar-refractivity contribution in [3.63, 3.8) is 0 Å². The zero-order valence-electron chi connectivity index (χ0n) is 16.5. The Labute approximate surface area is 169 Å². The van der Waals surface area contributed by atoms with Crippen molar-refractivity contribution in [2.45, 2.75) is 45.2 Å². The first-order valence-electron chi connectivity index (χ1n) is 9.60. The molecule has 1 aliphatic heterocycles. The first-order valence-corrected chi connectivity index (χ1v) is 9.60. The van der Waals surface area contributed by atoms with E-state index in [0.717, 1.165) is 19.3 Å². The van der Waals surface area contributed by atoms with Crippen LogP contribution in [0.25, 0.3) is 0 Å². The van der Waals surface area contributed by atoms with Crippen molar-refractivity contribution in [3.8, 4) is 11.6 Å². The first-order chi connectivity index (χ1) is 13.9. The molecule has 2 N–H and O–H groups in total. The molecule has 0 radical (unpaired) electrons. The summed E-state index contributed by atoms with van der Waals surface area (Å²) in [7, 11) is 0. The van der Waals surface area contributed by atoms with Crippen LogP contribution in [-0.4, -0.2) is 40.3 Å². The quantitative estimate of drug-likeness (QED) is 0.456. The smallest absolute Gasteiger partial charge is 0.263 e. The van der Waals surface area contributed by atoms with E-state index < -0.39 is 0 Å². The Kier molecular flexibility index (Phi) is 6.64. The fourth-order valence-electron chi connectivity index (χ4n) is 3.41. The van der Waals surface area contributed by atoms with Gasteiger partial charge in [-0.3, -0.25) is 4.79 Å². The lowest BCUT2D eigenvalue weighted by molar-refractivity contribution is -0.142. The second kappa shape index (κ2) is 9.36. The van der Waals surface area contributed by atoms with Crippen LogP contribution >= 0.6 is 0 Å². The fraction of sp³-hybridized carbons (Fsp3) is 0.381. The SMILES string of the molecule is CC1CCCC(C)N1C(=O)CO/N=C(/N)c1ccc(Oc2ccc(F)cc2)nc1. The van der Waals surface area contributed by atoms with Gasteiger partial charge in [0.2, 0.25) is 5.88 Å². The third kappa shape index (κ3) is 5.43. The highest BCUT2D eigenvalue weighted by molar-refractivity contribution is 5.96. The third-order valence-electron chi connectivity index (χ3n) is 4.90. The highest BCUT2D eigenvalue weighted by atomic mass is 19.1. The van der Waals surface area contributed by atoms with Gasteiger partial charge in [0.1, 0.15) is 11.6 Å². The van der Waals surface area contributed by atoms with Gasteiger partial charge in [-0.15, -0.1) is 0 Å². The Hall–Kier alpha value is -3.16. The number of hydrogen-bond donors (Lipinski definition) is 1. The lowest BCUT2D eigenvalue weighted by Crippen LogP contribution is -2.48. The summed E-state index contributed by atoms with van der Waals surface area (Å²) in [5.41, 5.74) is 6.44. The van der Waals surface area contributed by atoms with Gasteiger partial charge < -0.3 is 20.2 Å². The Morgan fingerprint density at radius 2 is 1.90 bits per heavy atom. The van der Waals surface area contributed by atoms with Gasteiger partial charge in [-0.2, -0.15) is 0 Å². The molecule has 1 fully saturated rings. The van der Waals surface area contributed by atoms with E-state index >= 15 is 0 Å². The topological polar surface area (TPSA) is 90.0 Å². The molecule has 154 valence electrons. The number of ether oxygens (including phenoxy) is 1. The highest BCUT2D eigenvalue weighted by Crippen LogP contribution is 2.22. The number of rotatable bonds is 6. The monoisotopic (exact) mass is 400 g/mol. The van der Waals surface area contributed by atoms with Crippen molar-refractivity contribution in [2.24, 2.45) is 10.9 Å². The first kappa shape index (κ1) is 20.6. The molecule has 0 spiro atoms. The fourth-order valence-corrected chi connectivity index (χ4v) is 3.41. The van der Waals surface area contributed by atoms with Crippen LogP contribution in [0.1, 0.15) is 38.7 Å². The molecule has 2 unspecified atom stereocenters. The molecule has 0 bridgehead atoms. The summed E-state index contributed by atoms with van der Waals surface area (Å²) in [6, 6.07) is 9.32. The van der Waals surface area contributed by atoms with Crippen LogP contribution in [0, 0.1) is 5.82 Å². The molecule has 1 aromatic heterocycles. The maximum absolute atomic E-state index is 12.9. The number of aromatic nitrogens is 1. The molecule has 7 nitrogen and oxygen atoms in total. The van der Waals surface area contributed by atoms with Gasteiger partial charge in [0.25, 0.3) is 5.91 Å². The summed E-state index contributed by atoms with van der Waals surface area (Å²) in [4.78, 5) is 23.6. The number of carbonyl (C=O) groups is 1. The highest BCUT2D eigenvalue weighted by Gasteiger charge is 2.29. The van der Waals surface area contributed by atoms with Crippen LogP contribution in [0.4, 0.5) is 4.39 Å². The molecule has 2 heterocycles. The van der Waals surface area contributed by atoms with E-state index in [1.807, 2.05) is 18.7 Å². The summed E-state index contributed by atoms with van der Waals surface area (Å²) >= 11 is 0. The Balaban J connectivity index is 1.54. The number of hydrogen-bond acceptors (Lipinski definition) is 5. The summed E-state index contributed by atoms with van der Waals surface area (Å²) in [5.74, 6) is 0.474. The second-order valence-electron chi connectivity index (χ2n) is 7.12. The minimum absolute atomic E-state index is 0.0950. The minimum atomic E-state index is -0.340. The number of carbonyl (C=O) groups excluding carboxylic acids is 1. The molecule has 0 aliphatic carbocycles. The van der Waals surface area contributed by atoms with Crippen LogP contribution in [0.15, 0.2) is 47.8 Å². The van der Waals surface area contributed by atoms with Gasteiger partial charge in [0, 0.05) is 29.9 Å². The van der Waals surface area contributed by atoms with Crippen molar-refractivity contribution in [1.82, 2.24) is 9.88 Å². The number of nitrogens with zero attached hydrogens (tertiary/aromatic N) is 3. The van der Waals surface area contributed by atoms with Gasteiger partial charge in [0.15, 0.2) is 12.4 Å². The largest absolute Gasteiger partial charge is 0.439 e. The van der Waals surface area contributed by atoms with E-state index in [-0.39, 0.29) is 36.3 Å².